The monoisotopic (exact) mass is 132 g/mol. The first-order valence-electron chi connectivity index (χ1n) is 3.12. The lowest BCUT2D eigenvalue weighted by Gasteiger charge is -2.02. The Morgan fingerprint density at radius 2 is 2.56 bits per heavy atom. The Kier molecular flexibility index (Phi) is 2.45. The number of hydrogen-bond acceptors (Lipinski definition) is 3. The summed E-state index contributed by atoms with van der Waals surface area (Å²) in [5, 5.41) is 8.60. The molecule has 0 aromatic carbocycles. The van der Waals surface area contributed by atoms with Gasteiger partial charge in [-0.15, -0.1) is 0 Å². The predicted molar refractivity (Wildman–Crippen MR) is 32.2 cm³/mol. The molecule has 0 spiro atoms. The minimum Gasteiger partial charge on any atom is -0.394 e. The lowest BCUT2D eigenvalue weighted by Crippen LogP contribution is -2.12. The number of methoxy groups -OCH3 is 1. The van der Waals surface area contributed by atoms with Gasteiger partial charge in [0.15, 0.2) is 0 Å². The number of hydrogen-bond donors (Lipinski definition) is 1. The summed E-state index contributed by atoms with van der Waals surface area (Å²) >= 11 is 0. The van der Waals surface area contributed by atoms with E-state index in [1.807, 2.05) is 0 Å². The van der Waals surface area contributed by atoms with E-state index >= 15 is 0 Å². The molecule has 1 aliphatic rings. The second-order valence-electron chi connectivity index (χ2n) is 2.23. The number of ether oxygens (including phenoxy) is 2. The number of aliphatic hydroxyl groups excluding tert-OH is 1. The molecule has 3 nitrogen and oxygen atoms in total. The van der Waals surface area contributed by atoms with Gasteiger partial charge in [0, 0.05) is 13.5 Å². The van der Waals surface area contributed by atoms with Crippen LogP contribution in [0.5, 0.6) is 0 Å². The van der Waals surface area contributed by atoms with Gasteiger partial charge < -0.3 is 14.6 Å². The molecule has 0 saturated carbocycles. The topological polar surface area (TPSA) is 38.7 Å². The van der Waals surface area contributed by atoms with Gasteiger partial charge >= 0.3 is 0 Å². The average Bonchev–Trinajstić information content (AvgIpc) is 2.34. The van der Waals surface area contributed by atoms with Crippen molar-refractivity contribution in [2.24, 2.45) is 0 Å². The van der Waals surface area contributed by atoms with Crippen molar-refractivity contribution in [3.05, 3.63) is 0 Å². The lowest BCUT2D eigenvalue weighted by atomic mass is 10.2. The van der Waals surface area contributed by atoms with Crippen LogP contribution in [0.1, 0.15) is 6.42 Å². The van der Waals surface area contributed by atoms with E-state index < -0.39 is 0 Å². The number of rotatable bonds is 2. The molecule has 1 N–H and O–H groups in total. The van der Waals surface area contributed by atoms with E-state index in [0.29, 0.717) is 6.61 Å². The second kappa shape index (κ2) is 3.15. The van der Waals surface area contributed by atoms with Gasteiger partial charge in [0.1, 0.15) is 0 Å². The van der Waals surface area contributed by atoms with Crippen molar-refractivity contribution in [1.29, 1.82) is 0 Å². The Morgan fingerprint density at radius 1 is 1.78 bits per heavy atom. The zero-order valence-corrected chi connectivity index (χ0v) is 5.54. The average molecular weight is 132 g/mol. The molecule has 0 amide bonds. The van der Waals surface area contributed by atoms with Gasteiger partial charge in [-0.25, -0.2) is 0 Å². The van der Waals surface area contributed by atoms with Crippen LogP contribution in [0.3, 0.4) is 0 Å². The van der Waals surface area contributed by atoms with Gasteiger partial charge in [-0.3, -0.25) is 0 Å². The van der Waals surface area contributed by atoms with Crippen molar-refractivity contribution < 1.29 is 14.6 Å². The molecule has 54 valence electrons. The van der Waals surface area contributed by atoms with Crippen LogP contribution in [-0.4, -0.2) is 37.6 Å². The summed E-state index contributed by atoms with van der Waals surface area (Å²) in [6.45, 7) is 0.738. The first-order chi connectivity index (χ1) is 4.36. The maximum atomic E-state index is 8.60. The van der Waals surface area contributed by atoms with Crippen molar-refractivity contribution in [3.63, 3.8) is 0 Å². The van der Waals surface area contributed by atoms with Crippen molar-refractivity contribution in [1.82, 2.24) is 0 Å². The minimum atomic E-state index is 0.00921. The van der Waals surface area contributed by atoms with Crippen LogP contribution in [-0.2, 0) is 9.47 Å². The normalized spacial score (nSPS) is 35.3. The summed E-state index contributed by atoms with van der Waals surface area (Å²) in [5.41, 5.74) is 0. The highest BCUT2D eigenvalue weighted by Gasteiger charge is 2.23. The molecule has 0 radical (unpaired) electrons. The van der Waals surface area contributed by atoms with Gasteiger partial charge in [0.25, 0.3) is 0 Å². The van der Waals surface area contributed by atoms with Gasteiger partial charge in [0.2, 0.25) is 0 Å². The highest BCUT2D eigenvalue weighted by Crippen LogP contribution is 2.14. The molecule has 1 heterocycles. The van der Waals surface area contributed by atoms with E-state index in [9.17, 15) is 0 Å². The van der Waals surface area contributed by atoms with E-state index in [2.05, 4.69) is 0 Å². The first-order valence-corrected chi connectivity index (χ1v) is 3.12. The third kappa shape index (κ3) is 1.64. The van der Waals surface area contributed by atoms with Crippen LogP contribution in [0, 0.1) is 0 Å². The van der Waals surface area contributed by atoms with Crippen LogP contribution >= 0.6 is 0 Å². The molecule has 1 aliphatic heterocycles. The smallest absolute Gasteiger partial charge is 0.0832 e. The van der Waals surface area contributed by atoms with E-state index in [-0.39, 0.29) is 18.8 Å². The van der Waals surface area contributed by atoms with Crippen LogP contribution in [0.15, 0.2) is 0 Å². The lowest BCUT2D eigenvalue weighted by molar-refractivity contribution is 0.0444. The van der Waals surface area contributed by atoms with Crippen LogP contribution in [0.2, 0.25) is 0 Å². The number of aliphatic hydroxyl groups is 1. The third-order valence-electron chi connectivity index (χ3n) is 1.58. The van der Waals surface area contributed by atoms with Crippen LogP contribution in [0.25, 0.3) is 0 Å². The molecule has 1 rings (SSSR count). The largest absolute Gasteiger partial charge is 0.394 e. The summed E-state index contributed by atoms with van der Waals surface area (Å²) in [6.07, 6.45) is 1.03. The van der Waals surface area contributed by atoms with Crippen LogP contribution in [0.4, 0.5) is 0 Å². The molecule has 1 fully saturated rings. The van der Waals surface area contributed by atoms with E-state index in [4.69, 9.17) is 14.6 Å². The zero-order chi connectivity index (χ0) is 6.69. The third-order valence-corrected chi connectivity index (χ3v) is 1.58. The Hall–Kier alpha value is -0.120. The zero-order valence-electron chi connectivity index (χ0n) is 5.54. The predicted octanol–water partition coefficient (Wildman–Crippen LogP) is -0.217. The van der Waals surface area contributed by atoms with Gasteiger partial charge in [-0.2, -0.15) is 0 Å². The van der Waals surface area contributed by atoms with E-state index in [0.717, 1.165) is 6.42 Å². The molecule has 0 aliphatic carbocycles. The molecule has 3 heteroatoms. The molecule has 2 atom stereocenters. The second-order valence-corrected chi connectivity index (χ2v) is 2.23. The summed E-state index contributed by atoms with van der Waals surface area (Å²) in [6, 6.07) is 0. The maximum absolute atomic E-state index is 8.60. The summed E-state index contributed by atoms with van der Waals surface area (Å²) in [5.74, 6) is 0. The Morgan fingerprint density at radius 3 is 2.89 bits per heavy atom. The summed E-state index contributed by atoms with van der Waals surface area (Å²) < 4.78 is 10.1. The Bertz CT molecular complexity index is 74.4. The maximum Gasteiger partial charge on any atom is 0.0832 e. The summed E-state index contributed by atoms with van der Waals surface area (Å²) in [4.78, 5) is 0. The van der Waals surface area contributed by atoms with Gasteiger partial charge in [-0.05, 0) is 0 Å². The Labute approximate surface area is 54.6 Å². The standard InChI is InChI=1S/C6H12O3/c1-8-6-2-5(3-7)9-4-6/h5-7H,2-4H2,1H3/t5-,6+/m0/s1. The molecule has 0 unspecified atom stereocenters. The van der Waals surface area contributed by atoms with Crippen LogP contribution < -0.4 is 0 Å². The van der Waals surface area contributed by atoms with Gasteiger partial charge in [0.05, 0.1) is 25.4 Å². The van der Waals surface area contributed by atoms with E-state index in [1.165, 1.54) is 0 Å². The molecule has 0 aromatic heterocycles. The highest BCUT2D eigenvalue weighted by molar-refractivity contribution is 4.72. The molecule has 0 bridgehead atoms. The SMILES string of the molecule is CO[C@H]1CO[C@H](CO)C1. The van der Waals surface area contributed by atoms with Crippen molar-refractivity contribution >= 4 is 0 Å². The minimum absolute atomic E-state index is 0.00921. The quantitative estimate of drug-likeness (QED) is 0.564. The molecule has 1 saturated heterocycles. The first kappa shape index (κ1) is 6.99. The molecule has 9 heavy (non-hydrogen) atoms. The fraction of sp³-hybridized carbons (Fsp3) is 1.00. The summed E-state index contributed by atoms with van der Waals surface area (Å²) in [7, 11) is 1.66. The van der Waals surface area contributed by atoms with Crippen molar-refractivity contribution in [2.45, 2.75) is 18.6 Å². The Balaban J connectivity index is 2.20. The molecular formula is C6H12O3. The highest BCUT2D eigenvalue weighted by atomic mass is 16.6. The fourth-order valence-corrected chi connectivity index (χ4v) is 0.964. The fourth-order valence-electron chi connectivity index (χ4n) is 0.964. The van der Waals surface area contributed by atoms with Crippen molar-refractivity contribution in [3.8, 4) is 0 Å². The molecular weight excluding hydrogens is 120 g/mol. The van der Waals surface area contributed by atoms with E-state index in [1.54, 1.807) is 7.11 Å². The molecule has 0 aromatic rings. The van der Waals surface area contributed by atoms with Gasteiger partial charge in [-0.1, -0.05) is 0 Å². The van der Waals surface area contributed by atoms with Crippen molar-refractivity contribution in [2.75, 3.05) is 20.3 Å².